The number of allylic oxidation sites excluding steroid dienone is 1. The van der Waals surface area contributed by atoms with Gasteiger partial charge in [-0.2, -0.15) is 0 Å². The number of hydrogen-bond acceptors (Lipinski definition) is 4. The minimum atomic E-state index is -0.336. The van der Waals surface area contributed by atoms with Crippen LogP contribution in [0.1, 0.15) is 42.1 Å². The molecule has 0 saturated carbocycles. The first-order valence-corrected chi connectivity index (χ1v) is 11.6. The van der Waals surface area contributed by atoms with Crippen molar-refractivity contribution >= 4 is 50.4 Å². The molecule has 158 valence electrons. The Morgan fingerprint density at radius 2 is 1.97 bits per heavy atom. The number of carbonyl (C=O) groups is 2. The molecule has 0 N–H and O–H groups in total. The third kappa shape index (κ3) is 5.24. The molecule has 0 atom stereocenters. The first kappa shape index (κ1) is 22.8. The molecule has 5 nitrogen and oxygen atoms in total. The zero-order valence-corrected chi connectivity index (χ0v) is 20.7. The average molecular weight is 584 g/mol. The zero-order valence-electron chi connectivity index (χ0n) is 16.9. The minimum Gasteiger partial charge on any atom is -0.497 e. The molecular weight excluding hydrogens is 561 g/mol. The molecule has 1 aliphatic carbocycles. The lowest BCUT2D eigenvalue weighted by Gasteiger charge is -2.26. The van der Waals surface area contributed by atoms with E-state index in [0.29, 0.717) is 37.1 Å². The molecule has 0 saturated heterocycles. The fraction of sp³-hybridized carbons (Fsp3) is 0.304. The van der Waals surface area contributed by atoms with Crippen LogP contribution in [0.2, 0.25) is 0 Å². The Bertz CT molecular complexity index is 989. The van der Waals surface area contributed by atoms with Crippen molar-refractivity contribution in [1.29, 1.82) is 0 Å². The predicted molar refractivity (Wildman–Crippen MR) is 127 cm³/mol. The summed E-state index contributed by atoms with van der Waals surface area (Å²) in [4.78, 5) is 27.9. The lowest BCUT2D eigenvalue weighted by Crippen LogP contribution is -2.31. The van der Waals surface area contributed by atoms with Crippen LogP contribution in [0.25, 0.3) is 0 Å². The van der Waals surface area contributed by atoms with Crippen LogP contribution in [0.4, 0.5) is 0 Å². The summed E-state index contributed by atoms with van der Waals surface area (Å²) in [7, 11) is 1.62. The Morgan fingerprint density at radius 1 is 1.17 bits per heavy atom. The molecule has 1 aliphatic rings. The van der Waals surface area contributed by atoms with E-state index in [1.807, 2.05) is 42.5 Å². The van der Waals surface area contributed by atoms with Crippen molar-refractivity contribution < 1.29 is 19.1 Å². The van der Waals surface area contributed by atoms with Crippen LogP contribution in [-0.2, 0) is 16.1 Å². The Balaban J connectivity index is 2.06. The second-order valence-electron chi connectivity index (χ2n) is 6.87. The third-order valence-corrected chi connectivity index (χ3v) is 6.35. The topological polar surface area (TPSA) is 55.8 Å². The van der Waals surface area contributed by atoms with E-state index in [0.717, 1.165) is 31.5 Å². The number of esters is 1. The van der Waals surface area contributed by atoms with Crippen molar-refractivity contribution in [3.05, 3.63) is 72.9 Å². The van der Waals surface area contributed by atoms with E-state index < -0.39 is 0 Å². The molecule has 0 aromatic heterocycles. The summed E-state index contributed by atoms with van der Waals surface area (Å²) in [6, 6.07) is 13.3. The van der Waals surface area contributed by atoms with E-state index in [4.69, 9.17) is 9.47 Å². The number of rotatable bonds is 7. The van der Waals surface area contributed by atoms with Gasteiger partial charge in [-0.15, -0.1) is 0 Å². The van der Waals surface area contributed by atoms with Gasteiger partial charge in [-0.25, -0.2) is 4.79 Å². The van der Waals surface area contributed by atoms with E-state index in [9.17, 15) is 9.59 Å². The van der Waals surface area contributed by atoms with Gasteiger partial charge in [-0.05, 0) is 84.7 Å². The van der Waals surface area contributed by atoms with Crippen LogP contribution in [0, 0.1) is 3.57 Å². The largest absolute Gasteiger partial charge is 0.497 e. The second-order valence-corrected chi connectivity index (χ2v) is 8.94. The molecule has 7 heteroatoms. The van der Waals surface area contributed by atoms with E-state index in [1.54, 1.807) is 18.9 Å². The molecule has 0 bridgehead atoms. The van der Waals surface area contributed by atoms with Crippen molar-refractivity contribution in [1.82, 2.24) is 4.90 Å². The molecule has 3 rings (SSSR count). The van der Waals surface area contributed by atoms with Crippen molar-refractivity contribution in [3.8, 4) is 5.75 Å². The van der Waals surface area contributed by atoms with Gasteiger partial charge in [-0.3, -0.25) is 4.79 Å². The van der Waals surface area contributed by atoms with Gasteiger partial charge in [0.15, 0.2) is 0 Å². The normalized spacial score (nSPS) is 13.3. The van der Waals surface area contributed by atoms with Crippen molar-refractivity contribution in [2.75, 3.05) is 13.7 Å². The van der Waals surface area contributed by atoms with Gasteiger partial charge >= 0.3 is 5.97 Å². The molecular formula is C23H23BrINO4. The Kier molecular flexibility index (Phi) is 7.93. The van der Waals surface area contributed by atoms with Gasteiger partial charge in [0.05, 0.1) is 31.4 Å². The Hall–Kier alpha value is -1.87. The monoisotopic (exact) mass is 583 g/mol. The smallest absolute Gasteiger partial charge is 0.335 e. The summed E-state index contributed by atoms with van der Waals surface area (Å²) < 4.78 is 12.3. The minimum absolute atomic E-state index is 0.137. The van der Waals surface area contributed by atoms with Crippen LogP contribution in [0.3, 0.4) is 0 Å². The van der Waals surface area contributed by atoms with E-state index in [-0.39, 0.29) is 11.9 Å². The zero-order chi connectivity index (χ0) is 21.7. The van der Waals surface area contributed by atoms with Gasteiger partial charge in [0.25, 0.3) is 5.91 Å². The number of methoxy groups -OCH3 is 1. The first-order valence-electron chi connectivity index (χ1n) is 9.73. The number of halogens is 2. The van der Waals surface area contributed by atoms with Gasteiger partial charge in [0, 0.05) is 13.7 Å². The molecule has 1 amide bonds. The fourth-order valence-corrected chi connectivity index (χ4v) is 4.44. The van der Waals surface area contributed by atoms with Gasteiger partial charge in [-0.1, -0.05) is 28.1 Å². The molecule has 0 spiro atoms. The van der Waals surface area contributed by atoms with Crippen LogP contribution in [-0.4, -0.2) is 30.5 Å². The molecule has 0 aliphatic heterocycles. The highest BCUT2D eigenvalue weighted by molar-refractivity contribution is 14.1. The number of amides is 1. The maximum absolute atomic E-state index is 13.7. The highest BCUT2D eigenvalue weighted by atomic mass is 127. The maximum atomic E-state index is 13.7. The third-order valence-electron chi connectivity index (χ3n) is 4.92. The van der Waals surface area contributed by atoms with Gasteiger partial charge in [0.2, 0.25) is 0 Å². The standard InChI is InChI=1S/C23H23BrINO4/c1-3-30-23(28)18-8-5-9-21(18)26(14-15-6-4-7-17(12-15)29-2)22(27)19-13-16(24)10-11-20(19)25/h4,6-7,10-13H,3,5,8-9,14H2,1-2H3. The Labute approximate surface area is 198 Å². The van der Waals surface area contributed by atoms with E-state index in [1.165, 1.54) is 0 Å². The molecule has 0 heterocycles. The molecule has 0 unspecified atom stereocenters. The van der Waals surface area contributed by atoms with Crippen LogP contribution < -0.4 is 4.74 Å². The van der Waals surface area contributed by atoms with Crippen molar-refractivity contribution in [2.24, 2.45) is 0 Å². The Morgan fingerprint density at radius 3 is 2.70 bits per heavy atom. The quantitative estimate of drug-likeness (QED) is 0.310. The summed E-state index contributed by atoms with van der Waals surface area (Å²) >= 11 is 5.63. The molecule has 0 radical (unpaired) electrons. The SMILES string of the molecule is CCOC(=O)C1=C(N(Cc2cccc(OC)c2)C(=O)c2cc(Br)ccc2I)CCC1. The highest BCUT2D eigenvalue weighted by Gasteiger charge is 2.30. The average Bonchev–Trinajstić information content (AvgIpc) is 3.23. The lowest BCUT2D eigenvalue weighted by molar-refractivity contribution is -0.138. The number of carbonyl (C=O) groups excluding carboxylic acids is 2. The van der Waals surface area contributed by atoms with Gasteiger partial charge in [0.1, 0.15) is 5.75 Å². The number of benzene rings is 2. The summed E-state index contributed by atoms with van der Waals surface area (Å²) in [6.45, 7) is 2.44. The van der Waals surface area contributed by atoms with Crippen molar-refractivity contribution in [2.45, 2.75) is 32.7 Å². The van der Waals surface area contributed by atoms with Crippen molar-refractivity contribution in [3.63, 3.8) is 0 Å². The molecule has 0 fully saturated rings. The summed E-state index contributed by atoms with van der Waals surface area (Å²) in [5.41, 5.74) is 2.86. The van der Waals surface area contributed by atoms with Crippen LogP contribution in [0.15, 0.2) is 58.2 Å². The number of hydrogen-bond donors (Lipinski definition) is 0. The first-order chi connectivity index (χ1) is 14.4. The van der Waals surface area contributed by atoms with Crippen LogP contribution in [0.5, 0.6) is 5.75 Å². The summed E-state index contributed by atoms with van der Waals surface area (Å²) in [5.74, 6) is 0.252. The predicted octanol–water partition coefficient (Wildman–Crippen LogP) is 5.71. The van der Waals surface area contributed by atoms with Crippen LogP contribution >= 0.6 is 38.5 Å². The number of nitrogens with zero attached hydrogens (tertiary/aromatic N) is 1. The maximum Gasteiger partial charge on any atom is 0.335 e. The summed E-state index contributed by atoms with van der Waals surface area (Å²) in [5, 5.41) is 0. The van der Waals surface area contributed by atoms with Gasteiger partial charge < -0.3 is 14.4 Å². The molecule has 30 heavy (non-hydrogen) atoms. The summed E-state index contributed by atoms with van der Waals surface area (Å²) in [6.07, 6.45) is 2.10. The highest BCUT2D eigenvalue weighted by Crippen LogP contribution is 2.33. The van der Waals surface area contributed by atoms with E-state index in [2.05, 4.69) is 38.5 Å². The number of ether oxygens (including phenoxy) is 2. The molecule has 2 aromatic rings. The molecule has 2 aromatic carbocycles. The second kappa shape index (κ2) is 10.4. The van der Waals surface area contributed by atoms with E-state index >= 15 is 0 Å². The lowest BCUT2D eigenvalue weighted by atomic mass is 10.1. The fourth-order valence-electron chi connectivity index (χ4n) is 3.51.